The molecule has 3 aromatic carbocycles. The summed E-state index contributed by atoms with van der Waals surface area (Å²) in [6, 6.07) is 23.5. The van der Waals surface area contributed by atoms with Gasteiger partial charge in [-0.25, -0.2) is 0 Å². The second-order valence-corrected chi connectivity index (χ2v) is 8.34. The minimum Gasteiger partial charge on any atom is -0.484 e. The van der Waals surface area contributed by atoms with Gasteiger partial charge >= 0.3 is 0 Å². The van der Waals surface area contributed by atoms with Crippen molar-refractivity contribution >= 4 is 40.6 Å². The lowest BCUT2D eigenvalue weighted by atomic mass is 10.2. The van der Waals surface area contributed by atoms with E-state index in [2.05, 4.69) is 39.8 Å². The number of rotatable bonds is 8. The van der Waals surface area contributed by atoms with Crippen molar-refractivity contribution in [2.24, 2.45) is 0 Å². The Bertz CT molecular complexity index is 1060. The predicted octanol–water partition coefficient (Wildman–Crippen LogP) is 4.83. The number of fused-ring (bicyclic) bond motifs is 2. The molecule has 0 spiro atoms. The first kappa shape index (κ1) is 21.8. The van der Waals surface area contributed by atoms with Crippen LogP contribution in [0.1, 0.15) is 13.3 Å². The molecule has 0 fully saturated rings. The van der Waals surface area contributed by atoms with Gasteiger partial charge in [0.1, 0.15) is 5.75 Å². The predicted molar refractivity (Wildman–Crippen MR) is 128 cm³/mol. The zero-order valence-corrected chi connectivity index (χ0v) is 18.7. The monoisotopic (exact) mass is 447 g/mol. The average Bonchev–Trinajstić information content (AvgIpc) is 2.81. The van der Waals surface area contributed by atoms with E-state index in [9.17, 15) is 9.59 Å². The van der Waals surface area contributed by atoms with E-state index >= 15 is 0 Å². The largest absolute Gasteiger partial charge is 0.484 e. The maximum absolute atomic E-state index is 12.6. The highest BCUT2D eigenvalue weighted by Gasteiger charge is 2.23. The first-order chi connectivity index (χ1) is 15.6. The van der Waals surface area contributed by atoms with Crippen molar-refractivity contribution in [1.82, 2.24) is 5.32 Å². The smallest absolute Gasteiger partial charge is 0.257 e. The molecular weight excluding hydrogens is 422 g/mol. The van der Waals surface area contributed by atoms with Crippen LogP contribution in [0.2, 0.25) is 0 Å². The molecule has 0 bridgehead atoms. The van der Waals surface area contributed by atoms with E-state index in [0.29, 0.717) is 30.9 Å². The Hall–Kier alpha value is -3.45. The van der Waals surface area contributed by atoms with Crippen LogP contribution in [0.25, 0.3) is 0 Å². The third-order valence-electron chi connectivity index (χ3n) is 4.98. The molecule has 1 aliphatic heterocycles. The van der Waals surface area contributed by atoms with Crippen LogP contribution < -0.4 is 20.3 Å². The Balaban J connectivity index is 1.35. The minimum atomic E-state index is -0.163. The molecule has 0 aromatic heterocycles. The summed E-state index contributed by atoms with van der Waals surface area (Å²) < 4.78 is 5.44. The first-order valence-electron chi connectivity index (χ1n) is 10.6. The normalized spacial score (nSPS) is 11.8. The summed E-state index contributed by atoms with van der Waals surface area (Å²) in [7, 11) is 0. The number of anilines is 3. The quantitative estimate of drug-likeness (QED) is 0.517. The fraction of sp³-hybridized carbons (Fsp3) is 0.200. The van der Waals surface area contributed by atoms with E-state index in [1.54, 1.807) is 36.0 Å². The third-order valence-corrected chi connectivity index (χ3v) is 6.11. The fourth-order valence-corrected chi connectivity index (χ4v) is 4.59. The summed E-state index contributed by atoms with van der Waals surface area (Å²) in [6.45, 7) is 2.97. The maximum Gasteiger partial charge on any atom is 0.257 e. The summed E-state index contributed by atoms with van der Waals surface area (Å²) in [5.74, 6) is 0.353. The zero-order valence-electron chi connectivity index (χ0n) is 17.8. The molecule has 0 saturated carbocycles. The minimum absolute atomic E-state index is 0.0311. The van der Waals surface area contributed by atoms with Crippen molar-refractivity contribution in [2.75, 3.05) is 29.9 Å². The molecule has 0 aliphatic carbocycles. The number of hydrogen-bond donors (Lipinski definition) is 2. The van der Waals surface area contributed by atoms with Crippen molar-refractivity contribution in [1.29, 1.82) is 0 Å². The van der Waals surface area contributed by atoms with Crippen LogP contribution in [0.15, 0.2) is 82.6 Å². The van der Waals surface area contributed by atoms with Crippen LogP contribution in [0.5, 0.6) is 5.75 Å². The second kappa shape index (κ2) is 10.2. The molecule has 4 rings (SSSR count). The highest BCUT2D eigenvalue weighted by molar-refractivity contribution is 7.99. The molecule has 2 amide bonds. The molecule has 164 valence electrons. The molecule has 32 heavy (non-hydrogen) atoms. The Morgan fingerprint density at radius 2 is 1.50 bits per heavy atom. The van der Waals surface area contributed by atoms with Gasteiger partial charge in [-0.05, 0) is 55.5 Å². The Morgan fingerprint density at radius 3 is 2.12 bits per heavy atom. The lowest BCUT2D eigenvalue weighted by molar-refractivity contribution is -0.123. The van der Waals surface area contributed by atoms with Gasteiger partial charge in [-0.3, -0.25) is 9.59 Å². The van der Waals surface area contributed by atoms with Crippen LogP contribution in [0, 0.1) is 0 Å². The summed E-state index contributed by atoms with van der Waals surface area (Å²) in [5, 5.41) is 5.62. The van der Waals surface area contributed by atoms with Crippen molar-refractivity contribution in [3.63, 3.8) is 0 Å². The lowest BCUT2D eigenvalue weighted by Crippen LogP contribution is -2.28. The van der Waals surface area contributed by atoms with Gasteiger partial charge in [-0.1, -0.05) is 36.0 Å². The lowest BCUT2D eigenvalue weighted by Gasteiger charge is -2.32. The summed E-state index contributed by atoms with van der Waals surface area (Å²) in [6.07, 6.45) is 0.350. The Labute approximate surface area is 192 Å². The molecule has 3 aromatic rings. The van der Waals surface area contributed by atoms with Crippen LogP contribution in [0.3, 0.4) is 0 Å². The molecule has 0 saturated heterocycles. The van der Waals surface area contributed by atoms with E-state index in [1.165, 1.54) is 9.79 Å². The molecule has 1 aliphatic rings. The van der Waals surface area contributed by atoms with Gasteiger partial charge in [0.05, 0.1) is 11.4 Å². The Kier molecular flexibility index (Phi) is 6.97. The third kappa shape index (κ3) is 5.23. The van der Waals surface area contributed by atoms with E-state index in [0.717, 1.165) is 11.4 Å². The van der Waals surface area contributed by atoms with Crippen molar-refractivity contribution < 1.29 is 14.3 Å². The van der Waals surface area contributed by atoms with Crippen LogP contribution in [0.4, 0.5) is 17.1 Å². The van der Waals surface area contributed by atoms with E-state index in [1.807, 2.05) is 31.2 Å². The number of likely N-dealkylation sites (N-methyl/N-ethyl adjacent to an activating group) is 1. The molecule has 1 heterocycles. The van der Waals surface area contributed by atoms with Gasteiger partial charge in [0.25, 0.3) is 5.91 Å². The van der Waals surface area contributed by atoms with Crippen molar-refractivity contribution in [3.05, 3.63) is 72.8 Å². The van der Waals surface area contributed by atoms with E-state index in [-0.39, 0.29) is 18.4 Å². The topological polar surface area (TPSA) is 70.7 Å². The first-order valence-corrected chi connectivity index (χ1v) is 11.4. The number of benzene rings is 3. The molecule has 0 atom stereocenters. The molecule has 6 nitrogen and oxygen atoms in total. The van der Waals surface area contributed by atoms with Crippen LogP contribution in [-0.4, -0.2) is 31.5 Å². The standard InChI is InChI=1S/C25H25N3O3S/c1-2-26-25(30)17-31-19-13-11-18(12-14-19)27-24(29)15-16-28-20-7-3-5-9-22(20)32-23-10-6-4-8-21(23)28/h3-14H,2,15-17H2,1H3,(H,26,30)(H,27,29). The number of nitrogens with one attached hydrogen (secondary N) is 2. The van der Waals surface area contributed by atoms with Gasteiger partial charge in [0.15, 0.2) is 6.61 Å². The molecular formula is C25H25N3O3S. The number of para-hydroxylation sites is 2. The number of hydrogen-bond acceptors (Lipinski definition) is 5. The number of ether oxygens (including phenoxy) is 1. The number of carbonyl (C=O) groups excluding carboxylic acids is 2. The van der Waals surface area contributed by atoms with E-state index < -0.39 is 0 Å². The van der Waals surface area contributed by atoms with Gasteiger partial charge in [-0.15, -0.1) is 0 Å². The number of amides is 2. The zero-order chi connectivity index (χ0) is 22.3. The Morgan fingerprint density at radius 1 is 0.875 bits per heavy atom. The van der Waals surface area contributed by atoms with E-state index in [4.69, 9.17) is 4.74 Å². The average molecular weight is 448 g/mol. The molecule has 2 N–H and O–H groups in total. The molecule has 7 heteroatoms. The van der Waals surface area contributed by atoms with Gasteiger partial charge in [0.2, 0.25) is 5.91 Å². The van der Waals surface area contributed by atoms with Crippen molar-refractivity contribution in [3.8, 4) is 5.75 Å². The number of nitrogens with zero attached hydrogens (tertiary/aromatic N) is 1. The second-order valence-electron chi connectivity index (χ2n) is 7.25. The van der Waals surface area contributed by atoms with Gasteiger partial charge < -0.3 is 20.3 Å². The molecule has 0 radical (unpaired) electrons. The maximum atomic E-state index is 12.6. The van der Waals surface area contributed by atoms with Crippen molar-refractivity contribution in [2.45, 2.75) is 23.1 Å². The van der Waals surface area contributed by atoms with Gasteiger partial charge in [-0.2, -0.15) is 0 Å². The summed E-state index contributed by atoms with van der Waals surface area (Å²) in [5.41, 5.74) is 2.94. The fourth-order valence-electron chi connectivity index (χ4n) is 3.49. The highest BCUT2D eigenvalue weighted by atomic mass is 32.2. The summed E-state index contributed by atoms with van der Waals surface area (Å²) in [4.78, 5) is 28.7. The van der Waals surface area contributed by atoms with Gasteiger partial charge in [0, 0.05) is 35.0 Å². The summed E-state index contributed by atoms with van der Waals surface area (Å²) >= 11 is 1.75. The molecule has 0 unspecified atom stereocenters. The number of carbonyl (C=O) groups is 2. The SMILES string of the molecule is CCNC(=O)COc1ccc(NC(=O)CCN2c3ccccc3Sc3ccccc32)cc1. The highest BCUT2D eigenvalue weighted by Crippen LogP contribution is 2.47. The van der Waals surface area contributed by atoms with Crippen LogP contribution in [-0.2, 0) is 9.59 Å². The van der Waals surface area contributed by atoms with Crippen LogP contribution >= 0.6 is 11.8 Å².